The van der Waals surface area contributed by atoms with Crippen molar-refractivity contribution in [3.63, 3.8) is 0 Å². The summed E-state index contributed by atoms with van der Waals surface area (Å²) < 4.78 is 7.39. The number of aromatic nitrogens is 3. The average molecular weight is 372 g/mol. The summed E-state index contributed by atoms with van der Waals surface area (Å²) in [6.07, 6.45) is 5.77. The Morgan fingerprint density at radius 2 is 2.07 bits per heavy atom. The van der Waals surface area contributed by atoms with Crippen molar-refractivity contribution in [3.05, 3.63) is 66.6 Å². The van der Waals surface area contributed by atoms with Crippen LogP contribution in [0.25, 0.3) is 22.4 Å². The lowest BCUT2D eigenvalue weighted by Crippen LogP contribution is -2.19. The van der Waals surface area contributed by atoms with E-state index in [4.69, 9.17) is 4.42 Å². The third-order valence-electron chi connectivity index (χ3n) is 5.34. The van der Waals surface area contributed by atoms with Gasteiger partial charge in [-0.25, -0.2) is 9.67 Å². The highest BCUT2D eigenvalue weighted by Crippen LogP contribution is 2.40. The molecule has 140 valence electrons. The van der Waals surface area contributed by atoms with Gasteiger partial charge in [0.15, 0.2) is 5.76 Å². The third kappa shape index (κ3) is 2.97. The van der Waals surface area contributed by atoms with Crippen LogP contribution in [-0.4, -0.2) is 20.7 Å². The van der Waals surface area contributed by atoms with E-state index in [0.717, 1.165) is 10.9 Å². The minimum Gasteiger partial charge on any atom is -0.463 e. The summed E-state index contributed by atoms with van der Waals surface area (Å²) in [6.45, 7) is 2.15. The fourth-order valence-electron chi connectivity index (χ4n) is 3.61. The minimum atomic E-state index is -0.184. The molecule has 3 heterocycles. The number of amides is 1. The Labute approximate surface area is 162 Å². The summed E-state index contributed by atoms with van der Waals surface area (Å²) in [4.78, 5) is 17.8. The van der Waals surface area contributed by atoms with Crippen LogP contribution in [0, 0.1) is 5.92 Å². The van der Waals surface area contributed by atoms with Gasteiger partial charge in [-0.15, -0.1) is 0 Å². The molecule has 0 saturated heterocycles. The monoisotopic (exact) mass is 372 g/mol. The van der Waals surface area contributed by atoms with Crippen LogP contribution in [0.3, 0.4) is 0 Å². The molecule has 1 aliphatic carbocycles. The first-order valence-electron chi connectivity index (χ1n) is 9.49. The van der Waals surface area contributed by atoms with Gasteiger partial charge in [0, 0.05) is 11.5 Å². The molecule has 0 aliphatic heterocycles. The number of furan rings is 1. The molecule has 1 N–H and O–H groups in total. The molecular weight excluding hydrogens is 352 g/mol. The molecule has 0 spiro atoms. The second-order valence-electron chi connectivity index (χ2n) is 7.24. The maximum atomic E-state index is 13.2. The molecular formula is C22H20N4O2. The van der Waals surface area contributed by atoms with E-state index < -0.39 is 0 Å². The van der Waals surface area contributed by atoms with Gasteiger partial charge in [0.2, 0.25) is 0 Å². The number of pyridine rings is 1. The fourth-order valence-corrected chi connectivity index (χ4v) is 3.61. The SMILES string of the molecule is CC(C1CC1)n1nccc1NC(=O)c1cc(-c2ccco2)nc2ccccc12. The van der Waals surface area contributed by atoms with Crippen molar-refractivity contribution in [2.75, 3.05) is 5.32 Å². The van der Waals surface area contributed by atoms with E-state index in [1.807, 2.05) is 47.1 Å². The van der Waals surface area contributed by atoms with E-state index in [9.17, 15) is 4.79 Å². The number of hydrogen-bond donors (Lipinski definition) is 1. The number of fused-ring (bicyclic) bond motifs is 1. The Kier molecular flexibility index (Phi) is 3.97. The maximum absolute atomic E-state index is 13.2. The fraction of sp³-hybridized carbons (Fsp3) is 0.227. The van der Waals surface area contributed by atoms with Crippen LogP contribution in [-0.2, 0) is 0 Å². The molecule has 1 unspecified atom stereocenters. The lowest BCUT2D eigenvalue weighted by atomic mass is 10.1. The standard InChI is InChI=1S/C22H20N4O2/c1-14(15-8-9-15)26-21(10-11-23-26)25-22(27)17-13-19(20-7-4-12-28-20)24-18-6-3-2-5-16(17)18/h2-7,10-15H,8-9H2,1H3,(H,25,27). The summed E-state index contributed by atoms with van der Waals surface area (Å²) in [5.41, 5.74) is 1.94. The van der Waals surface area contributed by atoms with Crippen molar-refractivity contribution in [1.29, 1.82) is 0 Å². The van der Waals surface area contributed by atoms with Gasteiger partial charge in [0.05, 0.1) is 29.6 Å². The van der Waals surface area contributed by atoms with Crippen molar-refractivity contribution >= 4 is 22.6 Å². The summed E-state index contributed by atoms with van der Waals surface area (Å²) in [7, 11) is 0. The zero-order chi connectivity index (χ0) is 19.1. The van der Waals surface area contributed by atoms with Gasteiger partial charge in [-0.1, -0.05) is 18.2 Å². The number of benzene rings is 1. The Balaban J connectivity index is 1.54. The molecule has 4 aromatic rings. The number of rotatable bonds is 5. The molecule has 3 aromatic heterocycles. The molecule has 1 aromatic carbocycles. The Morgan fingerprint density at radius 1 is 1.21 bits per heavy atom. The van der Waals surface area contributed by atoms with Crippen LogP contribution in [0.15, 0.2) is 65.4 Å². The Bertz CT molecular complexity index is 1140. The first-order valence-corrected chi connectivity index (χ1v) is 9.49. The van der Waals surface area contributed by atoms with Gasteiger partial charge < -0.3 is 9.73 Å². The Morgan fingerprint density at radius 3 is 2.86 bits per heavy atom. The van der Waals surface area contributed by atoms with Crippen LogP contribution in [0.1, 0.15) is 36.2 Å². The first-order chi connectivity index (χ1) is 13.7. The van der Waals surface area contributed by atoms with Crippen LogP contribution < -0.4 is 5.32 Å². The number of para-hydroxylation sites is 1. The van der Waals surface area contributed by atoms with Crippen molar-refractivity contribution < 1.29 is 9.21 Å². The van der Waals surface area contributed by atoms with E-state index in [0.29, 0.717) is 28.8 Å². The van der Waals surface area contributed by atoms with E-state index >= 15 is 0 Å². The Hall–Kier alpha value is -3.41. The van der Waals surface area contributed by atoms with Crippen molar-refractivity contribution in [1.82, 2.24) is 14.8 Å². The predicted octanol–water partition coefficient (Wildman–Crippen LogP) is 4.91. The minimum absolute atomic E-state index is 0.184. The third-order valence-corrected chi connectivity index (χ3v) is 5.34. The zero-order valence-corrected chi connectivity index (χ0v) is 15.5. The van der Waals surface area contributed by atoms with Crippen LogP contribution in [0.5, 0.6) is 0 Å². The van der Waals surface area contributed by atoms with Gasteiger partial charge in [-0.3, -0.25) is 4.79 Å². The molecule has 1 saturated carbocycles. The predicted molar refractivity (Wildman–Crippen MR) is 107 cm³/mol. The van der Waals surface area contributed by atoms with Crippen LogP contribution >= 0.6 is 0 Å². The van der Waals surface area contributed by atoms with E-state index in [1.165, 1.54) is 12.8 Å². The summed E-state index contributed by atoms with van der Waals surface area (Å²) in [5.74, 6) is 1.80. The van der Waals surface area contributed by atoms with Crippen LogP contribution in [0.2, 0.25) is 0 Å². The smallest absolute Gasteiger partial charge is 0.257 e. The van der Waals surface area contributed by atoms with E-state index in [1.54, 1.807) is 18.5 Å². The molecule has 5 rings (SSSR count). The second-order valence-corrected chi connectivity index (χ2v) is 7.24. The van der Waals surface area contributed by atoms with E-state index in [-0.39, 0.29) is 11.9 Å². The number of hydrogen-bond acceptors (Lipinski definition) is 4. The highest BCUT2D eigenvalue weighted by atomic mass is 16.3. The molecule has 6 nitrogen and oxygen atoms in total. The lowest BCUT2D eigenvalue weighted by molar-refractivity contribution is 0.102. The molecule has 28 heavy (non-hydrogen) atoms. The first kappa shape index (κ1) is 16.7. The quantitative estimate of drug-likeness (QED) is 0.540. The summed E-state index contributed by atoms with van der Waals surface area (Å²) >= 11 is 0. The molecule has 0 radical (unpaired) electrons. The molecule has 1 amide bonds. The van der Waals surface area contributed by atoms with Gasteiger partial charge in [-0.05, 0) is 49.9 Å². The lowest BCUT2D eigenvalue weighted by Gasteiger charge is -2.16. The van der Waals surface area contributed by atoms with Crippen molar-refractivity contribution in [3.8, 4) is 11.5 Å². The maximum Gasteiger partial charge on any atom is 0.257 e. The van der Waals surface area contributed by atoms with Gasteiger partial charge in [0.1, 0.15) is 11.5 Å². The molecule has 1 aliphatic rings. The molecule has 6 heteroatoms. The number of anilines is 1. The van der Waals surface area contributed by atoms with Crippen molar-refractivity contribution in [2.45, 2.75) is 25.8 Å². The summed E-state index contributed by atoms with van der Waals surface area (Å²) in [5, 5.41) is 8.26. The van der Waals surface area contributed by atoms with E-state index in [2.05, 4.69) is 22.3 Å². The van der Waals surface area contributed by atoms with Gasteiger partial charge >= 0.3 is 0 Å². The normalized spacial score (nSPS) is 14.9. The number of carbonyl (C=O) groups excluding carboxylic acids is 1. The van der Waals surface area contributed by atoms with Crippen LogP contribution in [0.4, 0.5) is 5.82 Å². The number of nitrogens with one attached hydrogen (secondary N) is 1. The number of carbonyl (C=O) groups is 1. The van der Waals surface area contributed by atoms with Gasteiger partial charge in [-0.2, -0.15) is 5.10 Å². The topological polar surface area (TPSA) is 73.0 Å². The number of nitrogens with zero attached hydrogens (tertiary/aromatic N) is 3. The zero-order valence-electron chi connectivity index (χ0n) is 15.5. The largest absolute Gasteiger partial charge is 0.463 e. The highest BCUT2D eigenvalue weighted by Gasteiger charge is 2.31. The molecule has 0 bridgehead atoms. The average Bonchev–Trinajstić information content (AvgIpc) is 3.22. The summed E-state index contributed by atoms with van der Waals surface area (Å²) in [6, 6.07) is 15.2. The second kappa shape index (κ2) is 6.64. The van der Waals surface area contributed by atoms with Crippen molar-refractivity contribution in [2.24, 2.45) is 5.92 Å². The molecule has 1 fully saturated rings. The molecule has 1 atom stereocenters. The highest BCUT2D eigenvalue weighted by molar-refractivity contribution is 6.12. The van der Waals surface area contributed by atoms with Gasteiger partial charge in [0.25, 0.3) is 5.91 Å².